The summed E-state index contributed by atoms with van der Waals surface area (Å²) in [6.07, 6.45) is 0.814. The highest BCUT2D eigenvalue weighted by Gasteiger charge is 2.12. The van der Waals surface area contributed by atoms with Crippen molar-refractivity contribution in [2.75, 3.05) is 13.2 Å². The normalized spacial score (nSPS) is 11.7. The number of hydrogen-bond acceptors (Lipinski definition) is 4. The van der Waals surface area contributed by atoms with Gasteiger partial charge in [0.15, 0.2) is 0 Å². The van der Waals surface area contributed by atoms with Crippen LogP contribution in [0.4, 0.5) is 0 Å². The Balaban J connectivity index is 1.37. The van der Waals surface area contributed by atoms with Gasteiger partial charge < -0.3 is 10.1 Å². The second-order valence-electron chi connectivity index (χ2n) is 7.62. The molecule has 27 heavy (non-hydrogen) atoms. The molecule has 3 aromatic rings. The third kappa shape index (κ3) is 5.62. The van der Waals surface area contributed by atoms with E-state index in [9.17, 15) is 4.79 Å². The standard InChI is InChI=1S/C22H26N2O2S/c1-22(2,3)17-10-8-16(9-11-17)12-13-23-20(25)14-26-15-21-24-18-6-4-5-7-19(18)27-21/h4-11H,12-15H2,1-3H3,(H,23,25). The zero-order valence-corrected chi connectivity index (χ0v) is 16.9. The Morgan fingerprint density at radius 2 is 1.85 bits per heavy atom. The molecule has 0 fully saturated rings. The molecule has 0 saturated heterocycles. The zero-order valence-electron chi connectivity index (χ0n) is 16.1. The van der Waals surface area contributed by atoms with Crippen molar-refractivity contribution in [2.24, 2.45) is 0 Å². The van der Waals surface area contributed by atoms with Crippen LogP contribution in [0.2, 0.25) is 0 Å². The average Bonchev–Trinajstić information content (AvgIpc) is 3.04. The monoisotopic (exact) mass is 382 g/mol. The van der Waals surface area contributed by atoms with Crippen molar-refractivity contribution in [1.29, 1.82) is 0 Å². The molecule has 0 aliphatic heterocycles. The summed E-state index contributed by atoms with van der Waals surface area (Å²) in [6, 6.07) is 16.6. The molecule has 0 aliphatic carbocycles. The van der Waals surface area contributed by atoms with Gasteiger partial charge in [-0.3, -0.25) is 4.79 Å². The SMILES string of the molecule is CC(C)(C)c1ccc(CCNC(=O)COCc2nc3ccccc3s2)cc1. The predicted octanol–water partition coefficient (Wildman–Crippen LogP) is 4.47. The van der Waals surface area contributed by atoms with Gasteiger partial charge in [0.2, 0.25) is 5.91 Å². The molecule has 2 aromatic carbocycles. The summed E-state index contributed by atoms with van der Waals surface area (Å²) < 4.78 is 6.64. The summed E-state index contributed by atoms with van der Waals surface area (Å²) in [7, 11) is 0. The van der Waals surface area contributed by atoms with E-state index in [1.54, 1.807) is 11.3 Å². The number of amides is 1. The van der Waals surface area contributed by atoms with E-state index in [1.165, 1.54) is 11.1 Å². The lowest BCUT2D eigenvalue weighted by molar-refractivity contribution is -0.126. The number of aromatic nitrogens is 1. The number of benzene rings is 2. The molecule has 0 unspecified atom stereocenters. The first-order chi connectivity index (χ1) is 12.9. The zero-order chi connectivity index (χ0) is 19.3. The van der Waals surface area contributed by atoms with Crippen molar-refractivity contribution in [3.05, 3.63) is 64.7 Å². The molecule has 3 rings (SSSR count). The van der Waals surface area contributed by atoms with Crippen LogP contribution in [0.5, 0.6) is 0 Å². The number of rotatable bonds is 7. The smallest absolute Gasteiger partial charge is 0.246 e. The third-order valence-electron chi connectivity index (χ3n) is 4.35. The summed E-state index contributed by atoms with van der Waals surface area (Å²) in [5.74, 6) is -0.0950. The highest BCUT2D eigenvalue weighted by molar-refractivity contribution is 7.18. The van der Waals surface area contributed by atoms with Crippen LogP contribution in [0.15, 0.2) is 48.5 Å². The van der Waals surface area contributed by atoms with E-state index < -0.39 is 0 Å². The van der Waals surface area contributed by atoms with E-state index in [0.29, 0.717) is 13.2 Å². The first kappa shape index (κ1) is 19.5. The molecule has 1 aromatic heterocycles. The van der Waals surface area contributed by atoms with Crippen molar-refractivity contribution in [3.8, 4) is 0 Å². The molecule has 0 atom stereocenters. The first-order valence-electron chi connectivity index (χ1n) is 9.20. The highest BCUT2D eigenvalue weighted by Crippen LogP contribution is 2.23. The number of nitrogens with one attached hydrogen (secondary N) is 1. The second kappa shape index (κ2) is 8.63. The average molecular weight is 383 g/mol. The van der Waals surface area contributed by atoms with E-state index in [1.807, 2.05) is 24.3 Å². The Bertz CT molecular complexity index is 862. The molecule has 0 radical (unpaired) electrons. The maximum atomic E-state index is 11.9. The van der Waals surface area contributed by atoms with Gasteiger partial charge in [0, 0.05) is 6.54 Å². The Morgan fingerprint density at radius 1 is 1.11 bits per heavy atom. The minimum Gasteiger partial charge on any atom is -0.364 e. The van der Waals surface area contributed by atoms with Crippen LogP contribution in [-0.4, -0.2) is 24.0 Å². The fourth-order valence-electron chi connectivity index (χ4n) is 2.78. The largest absolute Gasteiger partial charge is 0.364 e. The van der Waals surface area contributed by atoms with Crippen molar-refractivity contribution < 1.29 is 9.53 Å². The number of carbonyl (C=O) groups excluding carboxylic acids is 1. The number of para-hydroxylation sites is 1. The van der Waals surface area contributed by atoms with Crippen LogP contribution in [0.3, 0.4) is 0 Å². The molecule has 0 saturated carbocycles. The molecule has 142 valence electrons. The van der Waals surface area contributed by atoms with Gasteiger partial charge in [-0.05, 0) is 35.1 Å². The van der Waals surface area contributed by atoms with Crippen LogP contribution >= 0.6 is 11.3 Å². The van der Waals surface area contributed by atoms with Crippen molar-refractivity contribution >= 4 is 27.5 Å². The summed E-state index contributed by atoms with van der Waals surface area (Å²) in [5, 5.41) is 3.80. The molecule has 0 spiro atoms. The van der Waals surface area contributed by atoms with E-state index in [4.69, 9.17) is 4.74 Å². The highest BCUT2D eigenvalue weighted by atomic mass is 32.1. The topological polar surface area (TPSA) is 51.2 Å². The number of ether oxygens (including phenoxy) is 1. The Morgan fingerprint density at radius 3 is 2.56 bits per heavy atom. The van der Waals surface area contributed by atoms with Gasteiger partial charge in [0.05, 0.1) is 16.8 Å². The summed E-state index contributed by atoms with van der Waals surface area (Å²) in [4.78, 5) is 16.4. The molecule has 5 heteroatoms. The summed E-state index contributed by atoms with van der Waals surface area (Å²) in [6.45, 7) is 7.64. The van der Waals surface area contributed by atoms with Crippen molar-refractivity contribution in [3.63, 3.8) is 0 Å². The third-order valence-corrected chi connectivity index (χ3v) is 5.36. The number of nitrogens with zero attached hydrogens (tertiary/aromatic N) is 1. The minimum atomic E-state index is -0.0950. The van der Waals surface area contributed by atoms with Crippen LogP contribution in [-0.2, 0) is 28.0 Å². The van der Waals surface area contributed by atoms with Gasteiger partial charge in [0.25, 0.3) is 0 Å². The lowest BCUT2D eigenvalue weighted by atomic mass is 9.86. The van der Waals surface area contributed by atoms with Gasteiger partial charge in [0.1, 0.15) is 11.6 Å². The predicted molar refractivity (Wildman–Crippen MR) is 111 cm³/mol. The fourth-order valence-corrected chi connectivity index (χ4v) is 3.69. The Kier molecular flexibility index (Phi) is 6.24. The molecule has 0 aliphatic rings. The van der Waals surface area contributed by atoms with Gasteiger partial charge in [-0.2, -0.15) is 0 Å². The van der Waals surface area contributed by atoms with Crippen LogP contribution < -0.4 is 5.32 Å². The molecule has 1 N–H and O–H groups in total. The maximum Gasteiger partial charge on any atom is 0.246 e. The molecule has 1 amide bonds. The Labute approximate surface area is 164 Å². The van der Waals surface area contributed by atoms with Gasteiger partial charge in [-0.25, -0.2) is 4.98 Å². The Hall–Kier alpha value is -2.24. The van der Waals surface area contributed by atoms with E-state index >= 15 is 0 Å². The number of hydrogen-bond donors (Lipinski definition) is 1. The van der Waals surface area contributed by atoms with E-state index in [0.717, 1.165) is 21.6 Å². The molecule has 0 bridgehead atoms. The summed E-state index contributed by atoms with van der Waals surface area (Å²) in [5.41, 5.74) is 3.67. The maximum absolute atomic E-state index is 11.9. The number of carbonyl (C=O) groups is 1. The number of thiazole rings is 1. The van der Waals surface area contributed by atoms with Crippen LogP contribution in [0, 0.1) is 0 Å². The lowest BCUT2D eigenvalue weighted by Crippen LogP contribution is -2.29. The summed E-state index contributed by atoms with van der Waals surface area (Å²) >= 11 is 1.60. The van der Waals surface area contributed by atoms with Gasteiger partial charge in [-0.15, -0.1) is 11.3 Å². The number of fused-ring (bicyclic) bond motifs is 1. The van der Waals surface area contributed by atoms with Crippen molar-refractivity contribution in [2.45, 2.75) is 39.2 Å². The lowest BCUT2D eigenvalue weighted by Gasteiger charge is -2.19. The van der Waals surface area contributed by atoms with Crippen LogP contribution in [0.25, 0.3) is 10.2 Å². The quantitative estimate of drug-likeness (QED) is 0.656. The molecular weight excluding hydrogens is 356 g/mol. The molecule has 1 heterocycles. The van der Waals surface area contributed by atoms with E-state index in [2.05, 4.69) is 55.3 Å². The minimum absolute atomic E-state index is 0.0545. The van der Waals surface area contributed by atoms with Gasteiger partial charge >= 0.3 is 0 Å². The van der Waals surface area contributed by atoms with Gasteiger partial charge in [-0.1, -0.05) is 57.2 Å². The first-order valence-corrected chi connectivity index (χ1v) is 10.0. The van der Waals surface area contributed by atoms with E-state index in [-0.39, 0.29) is 17.9 Å². The second-order valence-corrected chi connectivity index (χ2v) is 8.73. The molecular formula is C22H26N2O2S. The van der Waals surface area contributed by atoms with Crippen molar-refractivity contribution in [1.82, 2.24) is 10.3 Å². The van der Waals surface area contributed by atoms with Crippen LogP contribution in [0.1, 0.15) is 36.9 Å². The molecule has 4 nitrogen and oxygen atoms in total. The fraction of sp³-hybridized carbons (Fsp3) is 0.364.